The molecule has 7 heteroatoms. The zero-order valence-corrected chi connectivity index (χ0v) is 10.7. The summed E-state index contributed by atoms with van der Waals surface area (Å²) in [6.45, 7) is 0.812. The minimum absolute atomic E-state index is 0.0238. The Kier molecular flexibility index (Phi) is 3.53. The van der Waals surface area contributed by atoms with Crippen molar-refractivity contribution in [3.05, 3.63) is 29.3 Å². The summed E-state index contributed by atoms with van der Waals surface area (Å²) in [5.74, 6) is 0.356. The summed E-state index contributed by atoms with van der Waals surface area (Å²) in [6.07, 6.45) is 0. The second-order valence-electron chi connectivity index (χ2n) is 3.83. The lowest BCUT2D eigenvalue weighted by atomic mass is 10.1. The zero-order chi connectivity index (χ0) is 13.2. The number of amidine groups is 1. The minimum Gasteiger partial charge on any atom is -0.490 e. The van der Waals surface area contributed by atoms with Crippen molar-refractivity contribution in [1.82, 2.24) is 0 Å². The largest absolute Gasteiger partial charge is 0.490 e. The van der Waals surface area contributed by atoms with Crippen LogP contribution in [0.2, 0.25) is 0 Å². The van der Waals surface area contributed by atoms with Gasteiger partial charge in [-0.3, -0.25) is 0 Å². The second-order valence-corrected chi connectivity index (χ2v) is 5.47. The molecule has 2 rings (SSSR count). The molecular weight excluding hydrogens is 256 g/mol. The summed E-state index contributed by atoms with van der Waals surface area (Å²) in [5, 5.41) is 0. The van der Waals surface area contributed by atoms with Gasteiger partial charge in [0.1, 0.15) is 18.2 Å². The van der Waals surface area contributed by atoms with E-state index in [0.29, 0.717) is 30.1 Å². The van der Waals surface area contributed by atoms with Crippen molar-refractivity contribution in [2.45, 2.75) is 5.75 Å². The monoisotopic (exact) mass is 270 g/mol. The van der Waals surface area contributed by atoms with Crippen LogP contribution in [-0.2, 0) is 20.5 Å². The Morgan fingerprint density at radius 3 is 2.89 bits per heavy atom. The van der Waals surface area contributed by atoms with Gasteiger partial charge in [0.2, 0.25) is 0 Å². The predicted octanol–water partition coefficient (Wildman–Crippen LogP) is 0.261. The van der Waals surface area contributed by atoms with E-state index in [2.05, 4.69) is 4.40 Å². The number of hydrogen-bond acceptors (Lipinski definition) is 5. The van der Waals surface area contributed by atoms with E-state index in [1.165, 1.54) is 0 Å². The Labute approximate surface area is 105 Å². The minimum atomic E-state index is -3.50. The maximum Gasteiger partial charge on any atom is 0.259 e. The van der Waals surface area contributed by atoms with Crippen molar-refractivity contribution in [2.24, 2.45) is 10.1 Å². The third kappa shape index (κ3) is 2.62. The van der Waals surface area contributed by atoms with Crippen molar-refractivity contribution in [1.29, 1.82) is 0 Å². The molecule has 0 amide bonds. The number of ether oxygens (including phenoxy) is 2. The number of methoxy groups -OCH3 is 1. The van der Waals surface area contributed by atoms with E-state index in [9.17, 15) is 8.42 Å². The molecule has 0 unspecified atom stereocenters. The van der Waals surface area contributed by atoms with Gasteiger partial charge >= 0.3 is 0 Å². The fourth-order valence-electron chi connectivity index (χ4n) is 1.77. The molecule has 6 nitrogen and oxygen atoms in total. The lowest BCUT2D eigenvalue weighted by Gasteiger charge is -2.17. The summed E-state index contributed by atoms with van der Waals surface area (Å²) in [5.41, 5.74) is 6.85. The molecule has 18 heavy (non-hydrogen) atoms. The highest BCUT2D eigenvalue weighted by molar-refractivity contribution is 7.89. The van der Waals surface area contributed by atoms with E-state index < -0.39 is 10.0 Å². The van der Waals surface area contributed by atoms with Gasteiger partial charge in [0.15, 0.2) is 0 Å². The van der Waals surface area contributed by atoms with Crippen LogP contribution in [0.1, 0.15) is 11.1 Å². The summed E-state index contributed by atoms with van der Waals surface area (Å²) in [4.78, 5) is 0. The van der Waals surface area contributed by atoms with Crippen molar-refractivity contribution in [3.63, 3.8) is 0 Å². The molecule has 0 aliphatic carbocycles. The van der Waals surface area contributed by atoms with Crippen molar-refractivity contribution in [2.75, 3.05) is 20.3 Å². The van der Waals surface area contributed by atoms with Crippen LogP contribution in [0.4, 0.5) is 0 Å². The Bertz CT molecular complexity index is 581. The molecule has 1 heterocycles. The van der Waals surface area contributed by atoms with Crippen LogP contribution in [0.15, 0.2) is 22.6 Å². The molecule has 1 aromatic rings. The van der Waals surface area contributed by atoms with Gasteiger partial charge in [-0.05, 0) is 11.6 Å². The van der Waals surface area contributed by atoms with Gasteiger partial charge in [-0.25, -0.2) is 8.42 Å². The number of sulfonamides is 1. The van der Waals surface area contributed by atoms with Gasteiger partial charge in [0.25, 0.3) is 10.0 Å². The molecule has 0 fully saturated rings. The third-order valence-corrected chi connectivity index (χ3v) is 3.64. The number of benzene rings is 1. The van der Waals surface area contributed by atoms with Gasteiger partial charge in [0.05, 0.1) is 17.9 Å². The summed E-state index contributed by atoms with van der Waals surface area (Å²) in [7, 11) is -1.93. The topological polar surface area (TPSA) is 91.0 Å². The third-order valence-electron chi connectivity index (χ3n) is 2.49. The number of rotatable bonds is 4. The SMILES string of the molecule is COCCOc1cccc2c1C(N)=NS(=O)(=O)C2. The van der Waals surface area contributed by atoms with Crippen molar-refractivity contribution in [3.8, 4) is 5.75 Å². The normalized spacial score (nSPS) is 16.8. The van der Waals surface area contributed by atoms with E-state index in [4.69, 9.17) is 15.2 Å². The highest BCUT2D eigenvalue weighted by Crippen LogP contribution is 2.27. The molecule has 2 N–H and O–H groups in total. The van der Waals surface area contributed by atoms with E-state index in [-0.39, 0.29) is 11.6 Å². The van der Waals surface area contributed by atoms with E-state index in [1.54, 1.807) is 25.3 Å². The van der Waals surface area contributed by atoms with E-state index in [0.717, 1.165) is 0 Å². The number of nitrogens with zero attached hydrogens (tertiary/aromatic N) is 1. The molecule has 1 aliphatic heterocycles. The zero-order valence-electron chi connectivity index (χ0n) is 9.92. The first-order valence-electron chi connectivity index (χ1n) is 5.35. The van der Waals surface area contributed by atoms with Crippen molar-refractivity contribution < 1.29 is 17.9 Å². The maximum absolute atomic E-state index is 11.5. The van der Waals surface area contributed by atoms with Gasteiger partial charge in [-0.1, -0.05) is 12.1 Å². The Morgan fingerprint density at radius 2 is 2.17 bits per heavy atom. The molecule has 0 radical (unpaired) electrons. The Balaban J connectivity index is 2.36. The molecule has 0 atom stereocenters. The summed E-state index contributed by atoms with van der Waals surface area (Å²) in [6, 6.07) is 5.17. The van der Waals surface area contributed by atoms with Crippen LogP contribution in [0.25, 0.3) is 0 Å². The van der Waals surface area contributed by atoms with Gasteiger partial charge in [-0.15, -0.1) is 4.40 Å². The Morgan fingerprint density at radius 1 is 1.39 bits per heavy atom. The average Bonchev–Trinajstić information content (AvgIpc) is 2.27. The van der Waals surface area contributed by atoms with Gasteiger partial charge < -0.3 is 15.2 Å². The summed E-state index contributed by atoms with van der Waals surface area (Å²) >= 11 is 0. The lowest BCUT2D eigenvalue weighted by molar-refractivity contribution is 0.146. The Hall–Kier alpha value is -1.60. The van der Waals surface area contributed by atoms with Crippen LogP contribution < -0.4 is 10.5 Å². The molecule has 1 aliphatic rings. The van der Waals surface area contributed by atoms with Crippen LogP contribution in [0, 0.1) is 0 Å². The second kappa shape index (κ2) is 4.95. The average molecular weight is 270 g/mol. The fraction of sp³-hybridized carbons (Fsp3) is 0.364. The standard InChI is InChI=1S/C11H14N2O4S/c1-16-5-6-17-9-4-2-3-8-7-18(14,15)13-11(12)10(8)9/h2-4H,5-7H2,1H3,(H2,12,13). The molecule has 0 spiro atoms. The molecule has 0 aromatic heterocycles. The maximum atomic E-state index is 11.5. The van der Waals surface area contributed by atoms with Gasteiger partial charge in [0, 0.05) is 7.11 Å². The van der Waals surface area contributed by atoms with E-state index >= 15 is 0 Å². The predicted molar refractivity (Wildman–Crippen MR) is 67.2 cm³/mol. The smallest absolute Gasteiger partial charge is 0.259 e. The van der Waals surface area contributed by atoms with Crippen LogP contribution in [0.3, 0.4) is 0 Å². The molecule has 0 saturated heterocycles. The van der Waals surface area contributed by atoms with Crippen LogP contribution in [0.5, 0.6) is 5.75 Å². The highest BCUT2D eigenvalue weighted by atomic mass is 32.2. The number of hydrogen-bond donors (Lipinski definition) is 1. The molecular formula is C11H14N2O4S. The van der Waals surface area contributed by atoms with E-state index in [1.807, 2.05) is 0 Å². The fourth-order valence-corrected chi connectivity index (χ4v) is 2.86. The number of fused-ring (bicyclic) bond motifs is 1. The molecule has 1 aromatic carbocycles. The first-order valence-corrected chi connectivity index (χ1v) is 6.96. The quantitative estimate of drug-likeness (QED) is 0.792. The highest BCUT2D eigenvalue weighted by Gasteiger charge is 2.24. The molecule has 0 saturated carbocycles. The molecule has 98 valence electrons. The first-order chi connectivity index (χ1) is 8.53. The van der Waals surface area contributed by atoms with Crippen LogP contribution in [-0.4, -0.2) is 34.6 Å². The van der Waals surface area contributed by atoms with Gasteiger partial charge in [-0.2, -0.15) is 0 Å². The number of nitrogens with two attached hydrogens (primary N) is 1. The lowest BCUT2D eigenvalue weighted by Crippen LogP contribution is -2.25. The summed E-state index contributed by atoms with van der Waals surface area (Å²) < 4.78 is 36.8. The van der Waals surface area contributed by atoms with Crippen molar-refractivity contribution >= 4 is 15.9 Å². The first kappa shape index (κ1) is 12.8. The van der Waals surface area contributed by atoms with Crippen LogP contribution >= 0.6 is 0 Å². The molecule has 0 bridgehead atoms.